The molecule has 0 aliphatic rings. The van der Waals surface area contributed by atoms with Gasteiger partial charge in [-0.3, -0.25) is 9.59 Å². The van der Waals surface area contributed by atoms with Crippen LogP contribution in [0.1, 0.15) is 31.4 Å². The van der Waals surface area contributed by atoms with Crippen molar-refractivity contribution >= 4 is 11.9 Å². The maximum atomic E-state index is 11.6. The highest BCUT2D eigenvalue weighted by Crippen LogP contribution is 2.29. The number of carbonyl (C=O) groups is 2. The minimum Gasteiger partial charge on any atom is -0.493 e. The lowest BCUT2D eigenvalue weighted by molar-refractivity contribution is -0.138. The molecule has 0 spiro atoms. The number of rotatable bonds is 7. The summed E-state index contributed by atoms with van der Waals surface area (Å²) in [6.45, 7) is 1.82. The van der Waals surface area contributed by atoms with E-state index in [2.05, 4.69) is 5.32 Å². The summed E-state index contributed by atoms with van der Waals surface area (Å²) in [6.07, 6.45) is -0.211. The van der Waals surface area contributed by atoms with E-state index in [0.29, 0.717) is 11.5 Å². The molecule has 6 heteroatoms. The first kappa shape index (κ1) is 15.8. The second kappa shape index (κ2) is 7.37. The van der Waals surface area contributed by atoms with Crippen molar-refractivity contribution in [1.82, 2.24) is 5.32 Å². The fourth-order valence-electron chi connectivity index (χ4n) is 1.74. The van der Waals surface area contributed by atoms with E-state index >= 15 is 0 Å². The molecule has 0 aromatic heterocycles. The van der Waals surface area contributed by atoms with E-state index in [1.165, 1.54) is 7.11 Å². The van der Waals surface area contributed by atoms with Gasteiger partial charge in [0.2, 0.25) is 5.91 Å². The molecule has 0 radical (unpaired) electrons. The van der Waals surface area contributed by atoms with Crippen molar-refractivity contribution in [3.05, 3.63) is 23.8 Å². The van der Waals surface area contributed by atoms with Crippen LogP contribution in [0.5, 0.6) is 11.5 Å². The van der Waals surface area contributed by atoms with Gasteiger partial charge in [0.15, 0.2) is 11.5 Å². The number of ether oxygens (including phenoxy) is 2. The first-order valence-electron chi connectivity index (χ1n) is 6.21. The van der Waals surface area contributed by atoms with E-state index in [4.69, 9.17) is 14.6 Å². The number of methoxy groups -OCH3 is 2. The molecule has 1 unspecified atom stereocenters. The molecule has 6 nitrogen and oxygen atoms in total. The summed E-state index contributed by atoms with van der Waals surface area (Å²) < 4.78 is 10.3. The molecule has 0 aliphatic carbocycles. The van der Waals surface area contributed by atoms with Crippen molar-refractivity contribution in [2.75, 3.05) is 14.2 Å². The molecule has 0 fully saturated rings. The third-order valence-corrected chi connectivity index (χ3v) is 2.85. The molecule has 0 bridgehead atoms. The van der Waals surface area contributed by atoms with Crippen LogP contribution in [-0.4, -0.2) is 31.2 Å². The third kappa shape index (κ3) is 4.46. The first-order chi connectivity index (χ1) is 9.47. The summed E-state index contributed by atoms with van der Waals surface area (Å²) in [5, 5.41) is 11.3. The minimum absolute atomic E-state index is 0.0348. The van der Waals surface area contributed by atoms with Crippen LogP contribution < -0.4 is 14.8 Å². The fraction of sp³-hybridized carbons (Fsp3) is 0.429. The first-order valence-corrected chi connectivity index (χ1v) is 6.21. The van der Waals surface area contributed by atoms with Gasteiger partial charge >= 0.3 is 5.97 Å². The average Bonchev–Trinajstić information content (AvgIpc) is 2.44. The van der Waals surface area contributed by atoms with E-state index in [1.807, 2.05) is 13.0 Å². The lowest BCUT2D eigenvalue weighted by Gasteiger charge is -2.16. The normalized spacial score (nSPS) is 11.6. The van der Waals surface area contributed by atoms with Crippen LogP contribution in [0, 0.1) is 0 Å². The van der Waals surface area contributed by atoms with Gasteiger partial charge in [-0.15, -0.1) is 0 Å². The van der Waals surface area contributed by atoms with E-state index in [1.54, 1.807) is 19.2 Å². The van der Waals surface area contributed by atoms with Gasteiger partial charge in [-0.1, -0.05) is 6.07 Å². The monoisotopic (exact) mass is 281 g/mol. The molecule has 1 amide bonds. The summed E-state index contributed by atoms with van der Waals surface area (Å²) in [4.78, 5) is 22.0. The van der Waals surface area contributed by atoms with Gasteiger partial charge in [0.25, 0.3) is 0 Å². The van der Waals surface area contributed by atoms with Crippen LogP contribution in [-0.2, 0) is 9.59 Å². The molecule has 110 valence electrons. The second-order valence-electron chi connectivity index (χ2n) is 4.30. The van der Waals surface area contributed by atoms with E-state index in [-0.39, 0.29) is 24.8 Å². The number of nitrogens with one attached hydrogen (secondary N) is 1. The van der Waals surface area contributed by atoms with Gasteiger partial charge in [-0.2, -0.15) is 0 Å². The highest BCUT2D eigenvalue weighted by Gasteiger charge is 2.13. The van der Waals surface area contributed by atoms with Crippen LogP contribution in [0.25, 0.3) is 0 Å². The smallest absolute Gasteiger partial charge is 0.303 e. The summed E-state index contributed by atoms with van der Waals surface area (Å²) >= 11 is 0. The van der Waals surface area contributed by atoms with Gasteiger partial charge in [-0.05, 0) is 24.6 Å². The Morgan fingerprint density at radius 2 is 1.85 bits per heavy atom. The number of aliphatic carboxylic acids is 1. The molecular weight excluding hydrogens is 262 g/mol. The summed E-state index contributed by atoms with van der Waals surface area (Å²) in [6, 6.07) is 5.12. The van der Waals surface area contributed by atoms with Crippen LogP contribution >= 0.6 is 0 Å². The molecular formula is C14H19NO5. The highest BCUT2D eigenvalue weighted by molar-refractivity contribution is 5.80. The van der Waals surface area contributed by atoms with Gasteiger partial charge in [0.1, 0.15) is 0 Å². The fourth-order valence-corrected chi connectivity index (χ4v) is 1.74. The maximum Gasteiger partial charge on any atom is 0.303 e. The van der Waals surface area contributed by atoms with Gasteiger partial charge in [0, 0.05) is 6.42 Å². The van der Waals surface area contributed by atoms with Crippen molar-refractivity contribution in [2.24, 2.45) is 0 Å². The molecule has 0 aliphatic heterocycles. The van der Waals surface area contributed by atoms with Crippen LogP contribution in [0.4, 0.5) is 0 Å². The van der Waals surface area contributed by atoms with Crippen molar-refractivity contribution in [3.63, 3.8) is 0 Å². The van der Waals surface area contributed by atoms with Gasteiger partial charge < -0.3 is 19.9 Å². The SMILES string of the molecule is COc1ccc(C(C)NC(=O)CCC(=O)O)cc1OC. The number of carboxylic acids is 1. The second-order valence-corrected chi connectivity index (χ2v) is 4.30. The zero-order valence-corrected chi connectivity index (χ0v) is 11.8. The lowest BCUT2D eigenvalue weighted by Crippen LogP contribution is -2.26. The molecule has 0 saturated carbocycles. The third-order valence-electron chi connectivity index (χ3n) is 2.85. The topological polar surface area (TPSA) is 84.9 Å². The number of hydrogen-bond donors (Lipinski definition) is 2. The summed E-state index contributed by atoms with van der Waals surface area (Å²) in [5.41, 5.74) is 0.853. The standard InChI is InChI=1S/C14H19NO5/c1-9(15-13(16)6-7-14(17)18)10-4-5-11(19-2)12(8-10)20-3/h4-5,8-9H,6-7H2,1-3H3,(H,15,16)(H,17,18). The zero-order valence-electron chi connectivity index (χ0n) is 11.8. The van der Waals surface area contributed by atoms with Gasteiger partial charge in [0.05, 0.1) is 26.7 Å². The van der Waals surface area contributed by atoms with Crippen molar-refractivity contribution in [3.8, 4) is 11.5 Å². The van der Waals surface area contributed by atoms with Crippen molar-refractivity contribution in [1.29, 1.82) is 0 Å². The van der Waals surface area contributed by atoms with E-state index < -0.39 is 5.97 Å². The number of carbonyl (C=O) groups excluding carboxylic acids is 1. The van der Waals surface area contributed by atoms with Crippen molar-refractivity contribution < 1.29 is 24.2 Å². The molecule has 1 aromatic carbocycles. The summed E-state index contributed by atoms with van der Waals surface area (Å²) in [5.74, 6) is -0.0918. The molecule has 1 rings (SSSR count). The molecule has 20 heavy (non-hydrogen) atoms. The van der Waals surface area contributed by atoms with E-state index in [0.717, 1.165) is 5.56 Å². The average molecular weight is 281 g/mol. The molecule has 1 aromatic rings. The van der Waals surface area contributed by atoms with Crippen molar-refractivity contribution in [2.45, 2.75) is 25.8 Å². The Morgan fingerprint density at radius 3 is 2.40 bits per heavy atom. The Balaban J connectivity index is 2.69. The van der Waals surface area contributed by atoms with E-state index in [9.17, 15) is 9.59 Å². The molecule has 0 saturated heterocycles. The zero-order chi connectivity index (χ0) is 15.1. The molecule has 2 N–H and O–H groups in total. The van der Waals surface area contributed by atoms with Gasteiger partial charge in [-0.25, -0.2) is 0 Å². The van der Waals surface area contributed by atoms with Crippen LogP contribution in [0.3, 0.4) is 0 Å². The predicted octanol–water partition coefficient (Wildman–Crippen LogP) is 1.75. The predicted molar refractivity (Wildman–Crippen MR) is 73.0 cm³/mol. The van der Waals surface area contributed by atoms with Crippen LogP contribution in [0.2, 0.25) is 0 Å². The van der Waals surface area contributed by atoms with Crippen LogP contribution in [0.15, 0.2) is 18.2 Å². The molecule has 0 heterocycles. The highest BCUT2D eigenvalue weighted by atomic mass is 16.5. The molecule has 1 atom stereocenters. The number of carboxylic acid groups (broad SMARTS) is 1. The minimum atomic E-state index is -0.987. The Kier molecular flexibility index (Phi) is 5.83. The number of amides is 1. The quantitative estimate of drug-likeness (QED) is 0.795. The number of hydrogen-bond acceptors (Lipinski definition) is 4. The Bertz CT molecular complexity index is 486. The largest absolute Gasteiger partial charge is 0.493 e. The Labute approximate surface area is 117 Å². The lowest BCUT2D eigenvalue weighted by atomic mass is 10.1. The Morgan fingerprint density at radius 1 is 1.20 bits per heavy atom. The summed E-state index contributed by atoms with van der Waals surface area (Å²) in [7, 11) is 3.09. The maximum absolute atomic E-state index is 11.6. The Hall–Kier alpha value is -2.24. The number of benzene rings is 1.